The van der Waals surface area contributed by atoms with Gasteiger partial charge in [0.05, 0.1) is 5.39 Å². The summed E-state index contributed by atoms with van der Waals surface area (Å²) in [6, 6.07) is 18.5. The Balaban J connectivity index is 1.69. The Kier molecular flexibility index (Phi) is 4.66. The first kappa shape index (κ1) is 17.1. The van der Waals surface area contributed by atoms with Crippen LogP contribution < -0.4 is 5.56 Å². The van der Waals surface area contributed by atoms with Crippen LogP contribution in [0.1, 0.15) is 16.0 Å². The molecule has 0 aliphatic rings. The molecule has 0 fully saturated rings. The average Bonchev–Trinajstić information content (AvgIpc) is 2.98. The van der Waals surface area contributed by atoms with E-state index in [2.05, 4.69) is 36.2 Å². The lowest BCUT2D eigenvalue weighted by Gasteiger charge is -2.03. The molecule has 0 radical (unpaired) electrons. The summed E-state index contributed by atoms with van der Waals surface area (Å²) in [4.78, 5) is 22.3. The van der Waals surface area contributed by atoms with Crippen LogP contribution in [0.25, 0.3) is 21.3 Å². The van der Waals surface area contributed by atoms with Crippen LogP contribution >= 0.6 is 23.1 Å². The summed E-state index contributed by atoms with van der Waals surface area (Å²) in [5, 5.41) is 1.36. The number of aromatic nitrogens is 2. The molecule has 0 aliphatic carbocycles. The number of hydrogen-bond donors (Lipinski definition) is 1. The molecule has 1 N–H and O–H groups in total. The third-order valence-corrected chi connectivity index (χ3v) is 6.22. The quantitative estimate of drug-likeness (QED) is 0.373. The number of aryl methyl sites for hydroxylation is 2. The van der Waals surface area contributed by atoms with Crippen LogP contribution in [0.2, 0.25) is 0 Å². The Morgan fingerprint density at radius 2 is 1.77 bits per heavy atom. The molecule has 26 heavy (non-hydrogen) atoms. The van der Waals surface area contributed by atoms with Crippen molar-refractivity contribution in [3.63, 3.8) is 0 Å². The van der Waals surface area contributed by atoms with Gasteiger partial charge in [-0.2, -0.15) is 0 Å². The number of thioether (sulfide) groups is 1. The highest BCUT2D eigenvalue weighted by Crippen LogP contribution is 2.36. The molecule has 3 nitrogen and oxygen atoms in total. The van der Waals surface area contributed by atoms with Crippen LogP contribution in [-0.2, 0) is 5.75 Å². The second-order valence-corrected chi connectivity index (χ2v) is 8.39. The SMILES string of the molecule is Cc1ccc(CSc2nc3sc(C)c(-c4ccccc4)c3c(=O)[nH]2)cc1. The van der Waals surface area contributed by atoms with Crippen molar-refractivity contribution in [2.24, 2.45) is 0 Å². The number of rotatable bonds is 4. The van der Waals surface area contributed by atoms with Gasteiger partial charge in [0.1, 0.15) is 4.83 Å². The van der Waals surface area contributed by atoms with Gasteiger partial charge in [-0.3, -0.25) is 4.79 Å². The minimum absolute atomic E-state index is 0.0652. The highest BCUT2D eigenvalue weighted by atomic mass is 32.2. The smallest absolute Gasteiger partial charge is 0.260 e. The Labute approximate surface area is 160 Å². The molecule has 4 aromatic rings. The molecule has 0 unspecified atom stereocenters. The molecule has 2 heterocycles. The first-order valence-corrected chi connectivity index (χ1v) is 10.2. The maximum Gasteiger partial charge on any atom is 0.260 e. The van der Waals surface area contributed by atoms with Crippen LogP contribution in [0.3, 0.4) is 0 Å². The topological polar surface area (TPSA) is 45.8 Å². The number of nitrogens with zero attached hydrogens (tertiary/aromatic N) is 1. The van der Waals surface area contributed by atoms with Crippen molar-refractivity contribution < 1.29 is 0 Å². The molecule has 0 spiro atoms. The molecule has 4 rings (SSSR count). The van der Waals surface area contributed by atoms with E-state index in [4.69, 9.17) is 4.98 Å². The Hall–Kier alpha value is -2.37. The highest BCUT2D eigenvalue weighted by Gasteiger charge is 2.16. The van der Waals surface area contributed by atoms with Crippen molar-refractivity contribution in [2.45, 2.75) is 24.8 Å². The van der Waals surface area contributed by atoms with E-state index in [1.54, 1.807) is 23.1 Å². The largest absolute Gasteiger partial charge is 0.301 e. The third-order valence-electron chi connectivity index (χ3n) is 4.27. The van der Waals surface area contributed by atoms with Gasteiger partial charge in [-0.25, -0.2) is 4.98 Å². The monoisotopic (exact) mass is 378 g/mol. The van der Waals surface area contributed by atoms with Gasteiger partial charge >= 0.3 is 0 Å². The normalized spacial score (nSPS) is 11.2. The van der Waals surface area contributed by atoms with Crippen LogP contribution in [0.5, 0.6) is 0 Å². The second-order valence-electron chi connectivity index (χ2n) is 6.22. The van der Waals surface area contributed by atoms with Crippen LogP contribution in [0.15, 0.2) is 64.5 Å². The Bertz CT molecular complexity index is 1110. The predicted octanol–water partition coefficient (Wildman–Crippen LogP) is 5.56. The van der Waals surface area contributed by atoms with Gasteiger partial charge in [0.15, 0.2) is 5.16 Å². The Morgan fingerprint density at radius 1 is 1.04 bits per heavy atom. The molecule has 0 bridgehead atoms. The van der Waals surface area contributed by atoms with E-state index in [1.165, 1.54) is 11.1 Å². The lowest BCUT2D eigenvalue weighted by Crippen LogP contribution is -2.08. The van der Waals surface area contributed by atoms with E-state index in [0.717, 1.165) is 26.6 Å². The molecular weight excluding hydrogens is 360 g/mol. The van der Waals surface area contributed by atoms with Gasteiger partial charge < -0.3 is 4.98 Å². The molecule has 2 aromatic heterocycles. The van der Waals surface area contributed by atoms with Crippen molar-refractivity contribution in [3.8, 4) is 11.1 Å². The van der Waals surface area contributed by atoms with Crippen molar-refractivity contribution in [1.82, 2.24) is 9.97 Å². The molecule has 130 valence electrons. The lowest BCUT2D eigenvalue weighted by atomic mass is 10.0. The first-order chi connectivity index (χ1) is 12.6. The number of thiophene rings is 1. The molecule has 0 saturated heterocycles. The number of aromatic amines is 1. The zero-order valence-corrected chi connectivity index (χ0v) is 16.2. The van der Waals surface area contributed by atoms with Crippen molar-refractivity contribution in [3.05, 3.63) is 81.0 Å². The van der Waals surface area contributed by atoms with Gasteiger partial charge in [-0.1, -0.05) is 71.9 Å². The molecule has 0 aliphatic heterocycles. The minimum atomic E-state index is -0.0652. The molecule has 2 aromatic carbocycles. The maximum absolute atomic E-state index is 12.8. The molecule has 0 amide bonds. The fraction of sp³-hybridized carbons (Fsp3) is 0.143. The zero-order chi connectivity index (χ0) is 18.1. The number of benzene rings is 2. The van der Waals surface area contributed by atoms with Crippen molar-refractivity contribution in [2.75, 3.05) is 0 Å². The minimum Gasteiger partial charge on any atom is -0.301 e. The van der Waals surface area contributed by atoms with E-state index in [-0.39, 0.29) is 5.56 Å². The number of fused-ring (bicyclic) bond motifs is 1. The Morgan fingerprint density at radius 3 is 2.50 bits per heavy atom. The third kappa shape index (κ3) is 3.32. The molecule has 0 saturated carbocycles. The zero-order valence-electron chi connectivity index (χ0n) is 14.6. The summed E-state index contributed by atoms with van der Waals surface area (Å²) in [6.07, 6.45) is 0. The van der Waals surface area contributed by atoms with E-state index >= 15 is 0 Å². The summed E-state index contributed by atoms with van der Waals surface area (Å²) in [6.45, 7) is 4.13. The van der Waals surface area contributed by atoms with Gasteiger partial charge in [0.25, 0.3) is 5.56 Å². The fourth-order valence-corrected chi connectivity index (χ4v) is 4.88. The van der Waals surface area contributed by atoms with Crippen LogP contribution in [-0.4, -0.2) is 9.97 Å². The summed E-state index contributed by atoms with van der Waals surface area (Å²) >= 11 is 3.14. The van der Waals surface area contributed by atoms with Crippen LogP contribution in [0, 0.1) is 13.8 Å². The van der Waals surface area contributed by atoms with E-state index < -0.39 is 0 Å². The average molecular weight is 379 g/mol. The summed E-state index contributed by atoms with van der Waals surface area (Å²) in [7, 11) is 0. The number of H-pyrrole nitrogens is 1. The number of hydrogen-bond acceptors (Lipinski definition) is 4. The molecule has 0 atom stereocenters. The van der Waals surface area contributed by atoms with E-state index in [9.17, 15) is 4.79 Å². The predicted molar refractivity (Wildman–Crippen MR) is 111 cm³/mol. The van der Waals surface area contributed by atoms with Crippen molar-refractivity contribution >= 4 is 33.3 Å². The standard InChI is InChI=1S/C21H18N2OS2/c1-13-8-10-15(11-9-13)12-25-21-22-19(24)18-17(14(2)26-20(18)23-21)16-6-4-3-5-7-16/h3-11H,12H2,1-2H3,(H,22,23,24). The fourth-order valence-electron chi connectivity index (χ4n) is 2.96. The first-order valence-electron chi connectivity index (χ1n) is 8.39. The van der Waals surface area contributed by atoms with Crippen molar-refractivity contribution in [1.29, 1.82) is 0 Å². The van der Waals surface area contributed by atoms with E-state index in [1.807, 2.05) is 37.3 Å². The highest BCUT2D eigenvalue weighted by molar-refractivity contribution is 7.98. The number of nitrogens with one attached hydrogen (secondary N) is 1. The summed E-state index contributed by atoms with van der Waals surface area (Å²) in [5.74, 6) is 0.782. The van der Waals surface area contributed by atoms with E-state index in [0.29, 0.717) is 10.5 Å². The lowest BCUT2D eigenvalue weighted by molar-refractivity contribution is 0.980. The van der Waals surface area contributed by atoms with Gasteiger partial charge in [0.2, 0.25) is 0 Å². The maximum atomic E-state index is 12.8. The van der Waals surface area contributed by atoms with Crippen LogP contribution in [0.4, 0.5) is 0 Å². The summed E-state index contributed by atoms with van der Waals surface area (Å²) < 4.78 is 0. The van der Waals surface area contributed by atoms with Gasteiger partial charge in [0, 0.05) is 16.2 Å². The van der Waals surface area contributed by atoms with Gasteiger partial charge in [-0.05, 0) is 25.0 Å². The second kappa shape index (κ2) is 7.09. The molecular formula is C21H18N2OS2. The summed E-state index contributed by atoms with van der Waals surface area (Å²) in [5.41, 5.74) is 4.45. The molecule has 5 heteroatoms. The van der Waals surface area contributed by atoms with Gasteiger partial charge in [-0.15, -0.1) is 11.3 Å².